The largest absolute Gasteiger partial charge is 0.491 e. The first kappa shape index (κ1) is 18.0. The van der Waals surface area contributed by atoms with Gasteiger partial charge in [-0.2, -0.15) is 13.2 Å². The van der Waals surface area contributed by atoms with Crippen LogP contribution in [0.5, 0.6) is 5.75 Å². The lowest BCUT2D eigenvalue weighted by Gasteiger charge is -2.23. The van der Waals surface area contributed by atoms with Gasteiger partial charge in [0, 0.05) is 30.1 Å². The summed E-state index contributed by atoms with van der Waals surface area (Å²) < 4.78 is 68.1. The second kappa shape index (κ2) is 7.05. The number of rotatable bonds is 5. The Bertz CT molecular complexity index is 545. The molecule has 0 aliphatic carbocycles. The first-order valence-electron chi connectivity index (χ1n) is 7.36. The number of hydrogen-bond acceptors (Lipinski definition) is 3. The van der Waals surface area contributed by atoms with E-state index >= 15 is 0 Å². The van der Waals surface area contributed by atoms with Crippen LogP contribution in [-0.2, 0) is 9.47 Å². The minimum absolute atomic E-state index is 0.0724. The molecule has 1 aliphatic rings. The van der Waals surface area contributed by atoms with Crippen molar-refractivity contribution in [3.8, 4) is 5.75 Å². The molecule has 3 unspecified atom stereocenters. The lowest BCUT2D eigenvalue weighted by Crippen LogP contribution is -2.33. The van der Waals surface area contributed by atoms with Crippen molar-refractivity contribution in [3.63, 3.8) is 0 Å². The molecular weight excluding hydrogens is 316 g/mol. The Balaban J connectivity index is 2.30. The van der Waals surface area contributed by atoms with Gasteiger partial charge in [0.15, 0.2) is 6.10 Å². The average Bonchev–Trinajstić information content (AvgIpc) is 2.85. The van der Waals surface area contributed by atoms with Gasteiger partial charge in [-0.05, 0) is 13.0 Å². The van der Waals surface area contributed by atoms with E-state index in [9.17, 15) is 17.6 Å². The van der Waals surface area contributed by atoms with E-state index in [1.807, 2.05) is 0 Å². The molecule has 0 amide bonds. The van der Waals surface area contributed by atoms with Crippen LogP contribution in [0.4, 0.5) is 17.6 Å². The Labute approximate surface area is 132 Å². The predicted octanol–water partition coefficient (Wildman–Crippen LogP) is 3.84. The van der Waals surface area contributed by atoms with Crippen LogP contribution >= 0.6 is 0 Å². The van der Waals surface area contributed by atoms with Crippen LogP contribution in [0.25, 0.3) is 0 Å². The third-order valence-corrected chi connectivity index (χ3v) is 4.19. The average molecular weight is 336 g/mol. The summed E-state index contributed by atoms with van der Waals surface area (Å²) in [6.45, 7) is 3.46. The molecule has 0 radical (unpaired) electrons. The molecule has 1 saturated heterocycles. The highest BCUT2D eigenvalue weighted by molar-refractivity contribution is 5.44. The topological polar surface area (TPSA) is 27.7 Å². The van der Waals surface area contributed by atoms with Crippen LogP contribution in [0.2, 0.25) is 0 Å². The van der Waals surface area contributed by atoms with E-state index in [-0.39, 0.29) is 24.5 Å². The highest BCUT2D eigenvalue weighted by Gasteiger charge is 2.51. The molecular formula is C16H20F4O3. The van der Waals surface area contributed by atoms with Gasteiger partial charge in [0.25, 0.3) is 0 Å². The van der Waals surface area contributed by atoms with Crippen LogP contribution < -0.4 is 4.74 Å². The molecule has 0 spiro atoms. The third kappa shape index (κ3) is 3.77. The highest BCUT2D eigenvalue weighted by Crippen LogP contribution is 2.45. The molecule has 0 saturated carbocycles. The molecule has 7 heteroatoms. The lowest BCUT2D eigenvalue weighted by atomic mass is 9.85. The standard InChI is InChI=1S/C16H20F4O3/c1-9-12(8-23-15(9)16(18,19)20)11-4-5-13(17)10(2)14(11)22-7-6-21-3/h4-5,9,12,15H,6-8H2,1-3H3. The zero-order valence-electron chi connectivity index (χ0n) is 13.2. The van der Waals surface area contributed by atoms with E-state index in [0.717, 1.165) is 0 Å². The van der Waals surface area contributed by atoms with Crippen LogP contribution in [-0.4, -0.2) is 39.2 Å². The van der Waals surface area contributed by atoms with Gasteiger partial charge in [-0.1, -0.05) is 13.0 Å². The van der Waals surface area contributed by atoms with E-state index in [1.165, 1.54) is 26.2 Å². The zero-order valence-corrected chi connectivity index (χ0v) is 13.2. The van der Waals surface area contributed by atoms with Crippen molar-refractivity contribution in [2.75, 3.05) is 26.9 Å². The summed E-state index contributed by atoms with van der Waals surface area (Å²) in [5.41, 5.74) is 0.820. The van der Waals surface area contributed by atoms with Crippen molar-refractivity contribution in [3.05, 3.63) is 29.1 Å². The minimum Gasteiger partial charge on any atom is -0.491 e. The number of alkyl halides is 3. The lowest BCUT2D eigenvalue weighted by molar-refractivity contribution is -0.215. The summed E-state index contributed by atoms with van der Waals surface area (Å²) in [4.78, 5) is 0. The molecule has 3 nitrogen and oxygen atoms in total. The molecule has 1 aromatic rings. The van der Waals surface area contributed by atoms with E-state index in [0.29, 0.717) is 12.2 Å². The Morgan fingerprint density at radius 3 is 2.52 bits per heavy atom. The Hall–Kier alpha value is -1.34. The molecule has 1 aromatic carbocycles. The third-order valence-electron chi connectivity index (χ3n) is 4.19. The molecule has 3 atom stereocenters. The van der Waals surface area contributed by atoms with Gasteiger partial charge in [-0.3, -0.25) is 0 Å². The van der Waals surface area contributed by atoms with Crippen molar-refractivity contribution in [2.24, 2.45) is 5.92 Å². The smallest absolute Gasteiger partial charge is 0.414 e. The summed E-state index contributed by atoms with van der Waals surface area (Å²) in [7, 11) is 1.50. The molecule has 0 aromatic heterocycles. The van der Waals surface area contributed by atoms with Crippen molar-refractivity contribution in [1.29, 1.82) is 0 Å². The fraction of sp³-hybridized carbons (Fsp3) is 0.625. The molecule has 0 bridgehead atoms. The molecule has 23 heavy (non-hydrogen) atoms. The predicted molar refractivity (Wildman–Crippen MR) is 76.2 cm³/mol. The summed E-state index contributed by atoms with van der Waals surface area (Å²) in [5, 5.41) is 0. The number of hydrogen-bond donors (Lipinski definition) is 0. The Kier molecular flexibility index (Phi) is 5.52. The van der Waals surface area contributed by atoms with Crippen molar-refractivity contribution < 1.29 is 31.8 Å². The Morgan fingerprint density at radius 2 is 1.96 bits per heavy atom. The SMILES string of the molecule is COCCOc1c(C2COC(C(F)(F)F)C2C)ccc(F)c1C. The minimum atomic E-state index is -4.42. The van der Waals surface area contributed by atoms with E-state index < -0.39 is 29.9 Å². The van der Waals surface area contributed by atoms with Gasteiger partial charge in [-0.25, -0.2) is 4.39 Å². The normalized spacial score (nSPS) is 24.9. The van der Waals surface area contributed by atoms with Crippen molar-refractivity contribution >= 4 is 0 Å². The first-order chi connectivity index (χ1) is 10.8. The number of halogens is 4. The zero-order chi connectivity index (χ0) is 17.2. The number of ether oxygens (including phenoxy) is 3. The van der Waals surface area contributed by atoms with Crippen molar-refractivity contribution in [1.82, 2.24) is 0 Å². The van der Waals surface area contributed by atoms with E-state index in [4.69, 9.17) is 14.2 Å². The maximum atomic E-state index is 13.8. The van der Waals surface area contributed by atoms with E-state index in [1.54, 1.807) is 6.92 Å². The maximum absolute atomic E-state index is 13.8. The summed E-state index contributed by atoms with van der Waals surface area (Å²) in [6, 6.07) is 2.73. The molecule has 130 valence electrons. The van der Waals surface area contributed by atoms with Gasteiger partial charge in [0.2, 0.25) is 0 Å². The monoisotopic (exact) mass is 336 g/mol. The maximum Gasteiger partial charge on any atom is 0.414 e. The fourth-order valence-electron chi connectivity index (χ4n) is 2.89. The molecule has 1 aliphatic heterocycles. The summed E-state index contributed by atoms with van der Waals surface area (Å²) in [6.07, 6.45) is -6.23. The van der Waals surface area contributed by atoms with Crippen LogP contribution in [0.15, 0.2) is 12.1 Å². The second-order valence-electron chi connectivity index (χ2n) is 5.69. The molecule has 1 heterocycles. The quantitative estimate of drug-likeness (QED) is 0.604. The number of benzene rings is 1. The Morgan fingerprint density at radius 1 is 1.26 bits per heavy atom. The number of methoxy groups -OCH3 is 1. The van der Waals surface area contributed by atoms with E-state index in [2.05, 4.69) is 0 Å². The first-order valence-corrected chi connectivity index (χ1v) is 7.36. The van der Waals surface area contributed by atoms with Crippen LogP contribution in [0.1, 0.15) is 24.0 Å². The van der Waals surface area contributed by atoms with Gasteiger partial charge in [-0.15, -0.1) is 0 Å². The van der Waals surface area contributed by atoms with Gasteiger partial charge >= 0.3 is 6.18 Å². The van der Waals surface area contributed by atoms with Gasteiger partial charge in [0.1, 0.15) is 18.2 Å². The molecule has 1 fully saturated rings. The van der Waals surface area contributed by atoms with Gasteiger partial charge in [0.05, 0.1) is 13.2 Å². The molecule has 0 N–H and O–H groups in total. The van der Waals surface area contributed by atoms with Crippen LogP contribution in [0.3, 0.4) is 0 Å². The van der Waals surface area contributed by atoms with Crippen molar-refractivity contribution in [2.45, 2.75) is 32.0 Å². The van der Waals surface area contributed by atoms with Crippen LogP contribution in [0, 0.1) is 18.7 Å². The highest BCUT2D eigenvalue weighted by atomic mass is 19.4. The van der Waals surface area contributed by atoms with Gasteiger partial charge < -0.3 is 14.2 Å². The second-order valence-corrected chi connectivity index (χ2v) is 5.69. The summed E-state index contributed by atoms with van der Waals surface area (Å²) >= 11 is 0. The fourth-order valence-corrected chi connectivity index (χ4v) is 2.89. The summed E-state index contributed by atoms with van der Waals surface area (Å²) in [5.74, 6) is -1.45. The molecule has 2 rings (SSSR count).